The first-order valence-electron chi connectivity index (χ1n) is 9.59. The third kappa shape index (κ3) is 3.91. The molecule has 0 radical (unpaired) electrons. The lowest BCUT2D eigenvalue weighted by Crippen LogP contribution is -2.30. The number of amides is 1. The number of pyridine rings is 1. The third-order valence-electron chi connectivity index (χ3n) is 5.06. The number of thiazole rings is 1. The lowest BCUT2D eigenvalue weighted by molar-refractivity contribution is 0.0984. The summed E-state index contributed by atoms with van der Waals surface area (Å²) in [5.41, 5.74) is 6.96. The smallest absolute Gasteiger partial charge is 0.260 e. The Morgan fingerprint density at radius 3 is 2.45 bits per heavy atom. The van der Waals surface area contributed by atoms with E-state index in [0.717, 1.165) is 32.6 Å². The number of carbonyl (C=O) groups is 1. The van der Waals surface area contributed by atoms with Gasteiger partial charge in [0.2, 0.25) is 0 Å². The number of rotatable bonds is 4. The van der Waals surface area contributed by atoms with Crippen molar-refractivity contribution in [1.29, 1.82) is 0 Å². The van der Waals surface area contributed by atoms with Gasteiger partial charge in [-0.15, -0.1) is 0 Å². The molecule has 0 unspecified atom stereocenters. The molecule has 0 saturated carbocycles. The van der Waals surface area contributed by atoms with Gasteiger partial charge in [-0.3, -0.25) is 14.7 Å². The Bertz CT molecular complexity index is 1180. The number of hydrogen-bond donors (Lipinski definition) is 0. The molecule has 2 aromatic heterocycles. The van der Waals surface area contributed by atoms with Crippen LogP contribution in [0.2, 0.25) is 0 Å². The summed E-state index contributed by atoms with van der Waals surface area (Å²) in [4.78, 5) is 24.6. The minimum Gasteiger partial charge on any atom is -0.278 e. The van der Waals surface area contributed by atoms with Crippen LogP contribution in [0.3, 0.4) is 0 Å². The molecule has 29 heavy (non-hydrogen) atoms. The van der Waals surface area contributed by atoms with Crippen molar-refractivity contribution in [3.05, 3.63) is 88.2 Å². The Labute approximate surface area is 174 Å². The Morgan fingerprint density at radius 1 is 1.00 bits per heavy atom. The van der Waals surface area contributed by atoms with E-state index in [1.807, 2.05) is 44.2 Å². The van der Waals surface area contributed by atoms with Crippen molar-refractivity contribution in [2.24, 2.45) is 0 Å². The number of aromatic nitrogens is 2. The lowest BCUT2D eigenvalue weighted by Gasteiger charge is -2.20. The molecule has 0 saturated heterocycles. The number of hydrogen-bond acceptors (Lipinski definition) is 4. The quantitative estimate of drug-likeness (QED) is 0.436. The average molecular weight is 402 g/mol. The fraction of sp³-hybridized carbons (Fsp3) is 0.208. The van der Waals surface area contributed by atoms with Crippen LogP contribution in [0.25, 0.3) is 10.2 Å². The maximum atomic E-state index is 13.5. The Morgan fingerprint density at radius 2 is 1.76 bits per heavy atom. The maximum absolute atomic E-state index is 13.5. The first-order chi connectivity index (χ1) is 13.9. The molecule has 2 aromatic carbocycles. The highest BCUT2D eigenvalue weighted by Crippen LogP contribution is 2.33. The van der Waals surface area contributed by atoms with Crippen LogP contribution in [-0.2, 0) is 6.54 Å². The average Bonchev–Trinajstić information content (AvgIpc) is 3.13. The molecule has 2 heterocycles. The van der Waals surface area contributed by atoms with Crippen molar-refractivity contribution in [2.45, 2.75) is 34.2 Å². The van der Waals surface area contributed by atoms with E-state index in [1.165, 1.54) is 5.56 Å². The molecule has 0 N–H and O–H groups in total. The van der Waals surface area contributed by atoms with E-state index < -0.39 is 0 Å². The lowest BCUT2D eigenvalue weighted by atomic mass is 10.1. The number of carbonyl (C=O) groups excluding carboxylic acids is 1. The van der Waals surface area contributed by atoms with E-state index in [9.17, 15) is 4.79 Å². The second-order valence-corrected chi connectivity index (χ2v) is 8.45. The topological polar surface area (TPSA) is 46.1 Å². The molecule has 5 heteroatoms. The molecule has 0 aliphatic rings. The van der Waals surface area contributed by atoms with Crippen LogP contribution < -0.4 is 4.90 Å². The highest BCUT2D eigenvalue weighted by molar-refractivity contribution is 7.22. The minimum atomic E-state index is -0.0594. The fourth-order valence-corrected chi connectivity index (χ4v) is 4.49. The van der Waals surface area contributed by atoms with Gasteiger partial charge >= 0.3 is 0 Å². The van der Waals surface area contributed by atoms with Gasteiger partial charge < -0.3 is 0 Å². The van der Waals surface area contributed by atoms with Gasteiger partial charge in [0.05, 0.1) is 22.5 Å². The third-order valence-corrected chi connectivity index (χ3v) is 6.11. The molecule has 0 fully saturated rings. The highest BCUT2D eigenvalue weighted by atomic mass is 32.1. The van der Waals surface area contributed by atoms with Crippen molar-refractivity contribution >= 4 is 32.6 Å². The van der Waals surface area contributed by atoms with Crippen LogP contribution in [0.15, 0.2) is 54.7 Å². The van der Waals surface area contributed by atoms with Gasteiger partial charge in [-0.05, 0) is 69.2 Å². The van der Waals surface area contributed by atoms with Crippen LogP contribution in [0.5, 0.6) is 0 Å². The number of aryl methyl sites for hydroxylation is 4. The van der Waals surface area contributed by atoms with E-state index in [1.54, 1.807) is 22.4 Å². The van der Waals surface area contributed by atoms with E-state index in [4.69, 9.17) is 4.98 Å². The number of benzene rings is 2. The summed E-state index contributed by atoms with van der Waals surface area (Å²) >= 11 is 1.55. The van der Waals surface area contributed by atoms with Crippen LogP contribution in [-0.4, -0.2) is 15.9 Å². The highest BCUT2D eigenvalue weighted by Gasteiger charge is 2.23. The van der Waals surface area contributed by atoms with Gasteiger partial charge in [0.15, 0.2) is 5.13 Å². The van der Waals surface area contributed by atoms with Gasteiger partial charge in [-0.1, -0.05) is 40.7 Å². The molecule has 4 aromatic rings. The Balaban J connectivity index is 1.82. The largest absolute Gasteiger partial charge is 0.278 e. The van der Waals surface area contributed by atoms with E-state index in [2.05, 4.69) is 37.0 Å². The van der Waals surface area contributed by atoms with Gasteiger partial charge in [-0.25, -0.2) is 4.98 Å². The SMILES string of the molecule is Cc1cc(C)cc(C(=O)N(Cc2ccccn2)c2nc3c(C)c(C)ccc3s2)c1. The van der Waals surface area contributed by atoms with Gasteiger partial charge in [0.25, 0.3) is 5.91 Å². The van der Waals surface area contributed by atoms with E-state index in [0.29, 0.717) is 17.2 Å². The molecule has 0 atom stereocenters. The van der Waals surface area contributed by atoms with E-state index in [-0.39, 0.29) is 5.91 Å². The second kappa shape index (κ2) is 7.76. The van der Waals surface area contributed by atoms with Gasteiger partial charge in [0, 0.05) is 11.8 Å². The number of fused-ring (bicyclic) bond motifs is 1. The minimum absolute atomic E-state index is 0.0594. The summed E-state index contributed by atoms with van der Waals surface area (Å²) in [6.45, 7) is 8.56. The zero-order chi connectivity index (χ0) is 20.5. The predicted molar refractivity (Wildman–Crippen MR) is 120 cm³/mol. The molecule has 4 nitrogen and oxygen atoms in total. The molecule has 1 amide bonds. The van der Waals surface area contributed by atoms with Crippen LogP contribution in [0.1, 0.15) is 38.3 Å². The van der Waals surface area contributed by atoms with Gasteiger partial charge in [-0.2, -0.15) is 0 Å². The van der Waals surface area contributed by atoms with E-state index >= 15 is 0 Å². The summed E-state index contributed by atoms with van der Waals surface area (Å²) in [7, 11) is 0. The normalized spacial score (nSPS) is 11.0. The fourth-order valence-electron chi connectivity index (χ4n) is 3.46. The molecule has 0 spiro atoms. The summed E-state index contributed by atoms with van der Waals surface area (Å²) < 4.78 is 1.09. The number of anilines is 1. The van der Waals surface area contributed by atoms with Crippen molar-refractivity contribution in [3.63, 3.8) is 0 Å². The summed E-state index contributed by atoms with van der Waals surface area (Å²) in [5, 5.41) is 0.698. The molecule has 0 aliphatic heterocycles. The Hall–Kier alpha value is -3.05. The monoisotopic (exact) mass is 401 g/mol. The molecule has 4 rings (SSSR count). The first-order valence-corrected chi connectivity index (χ1v) is 10.4. The van der Waals surface area contributed by atoms with Gasteiger partial charge in [0.1, 0.15) is 0 Å². The molecular weight excluding hydrogens is 378 g/mol. The van der Waals surface area contributed by atoms with Crippen molar-refractivity contribution in [2.75, 3.05) is 4.90 Å². The molecular formula is C24H23N3OS. The Kier molecular flexibility index (Phi) is 5.16. The van der Waals surface area contributed by atoms with Crippen LogP contribution >= 0.6 is 11.3 Å². The van der Waals surface area contributed by atoms with Crippen LogP contribution in [0, 0.1) is 27.7 Å². The second-order valence-electron chi connectivity index (χ2n) is 7.44. The predicted octanol–water partition coefficient (Wildman–Crippen LogP) is 5.77. The zero-order valence-corrected chi connectivity index (χ0v) is 17.9. The van der Waals surface area contributed by atoms with Crippen LogP contribution in [0.4, 0.5) is 5.13 Å². The first kappa shape index (κ1) is 19.3. The number of nitrogens with zero attached hydrogens (tertiary/aromatic N) is 3. The molecule has 146 valence electrons. The van der Waals surface area contributed by atoms with Crippen molar-refractivity contribution < 1.29 is 4.79 Å². The zero-order valence-electron chi connectivity index (χ0n) is 17.1. The summed E-state index contributed by atoms with van der Waals surface area (Å²) in [6.07, 6.45) is 1.75. The standard InChI is InChI=1S/C24H23N3OS/c1-15-11-16(2)13-19(12-15)23(28)27(14-20-7-5-6-10-25-20)24-26-22-18(4)17(3)8-9-21(22)29-24/h5-13H,14H2,1-4H3. The molecule has 0 aliphatic carbocycles. The summed E-state index contributed by atoms with van der Waals surface area (Å²) in [6, 6.07) is 15.9. The molecule has 0 bridgehead atoms. The summed E-state index contributed by atoms with van der Waals surface area (Å²) in [5.74, 6) is -0.0594. The van der Waals surface area contributed by atoms with Crippen molar-refractivity contribution in [1.82, 2.24) is 9.97 Å². The maximum Gasteiger partial charge on any atom is 0.260 e. The van der Waals surface area contributed by atoms with Crippen molar-refractivity contribution in [3.8, 4) is 0 Å².